The number of rotatable bonds is 2. The molecule has 0 radical (unpaired) electrons. The van der Waals surface area contributed by atoms with Crippen LogP contribution in [0.1, 0.15) is 6.92 Å². The molecule has 0 fully saturated rings. The quantitative estimate of drug-likeness (QED) is 0.645. The molecule has 11 heavy (non-hydrogen) atoms. The smallest absolute Gasteiger partial charge is 0.188 e. The molecule has 62 valence electrons. The second kappa shape index (κ2) is 2.96. The zero-order valence-electron chi connectivity index (χ0n) is 7.05. The van der Waals surface area contributed by atoms with E-state index in [1.54, 1.807) is 14.2 Å². The summed E-state index contributed by atoms with van der Waals surface area (Å²) in [5.74, 6) is 0.719. The maximum Gasteiger partial charge on any atom is 0.188 e. The van der Waals surface area contributed by atoms with Gasteiger partial charge in [-0.1, -0.05) is 6.08 Å². The van der Waals surface area contributed by atoms with Crippen molar-refractivity contribution < 1.29 is 9.47 Å². The lowest BCUT2D eigenvalue weighted by Gasteiger charge is -2.29. The van der Waals surface area contributed by atoms with Crippen LogP contribution in [0.25, 0.3) is 0 Å². The summed E-state index contributed by atoms with van der Waals surface area (Å²) in [6.45, 7) is 1.93. The Hall–Kier alpha value is -0.960. The molecule has 0 spiro atoms. The predicted octanol–water partition coefficient (Wildman–Crippen LogP) is 0.996. The monoisotopic (exact) mass is 155 g/mol. The van der Waals surface area contributed by atoms with Crippen LogP contribution < -0.4 is 5.32 Å². The molecular weight excluding hydrogens is 142 g/mol. The molecule has 3 nitrogen and oxygen atoms in total. The normalized spacial score (nSPS) is 29.2. The van der Waals surface area contributed by atoms with Crippen molar-refractivity contribution in [1.82, 2.24) is 5.32 Å². The second-order valence-electron chi connectivity index (χ2n) is 2.53. The highest BCUT2D eigenvalue weighted by Crippen LogP contribution is 2.14. The van der Waals surface area contributed by atoms with Gasteiger partial charge in [0.2, 0.25) is 0 Å². The molecule has 0 saturated carbocycles. The molecule has 1 atom stereocenters. The van der Waals surface area contributed by atoms with Crippen molar-refractivity contribution in [1.29, 1.82) is 0 Å². The zero-order valence-corrected chi connectivity index (χ0v) is 7.05. The Morgan fingerprint density at radius 3 is 2.73 bits per heavy atom. The van der Waals surface area contributed by atoms with Gasteiger partial charge in [-0.3, -0.25) is 0 Å². The van der Waals surface area contributed by atoms with Crippen LogP contribution in [0.3, 0.4) is 0 Å². The summed E-state index contributed by atoms with van der Waals surface area (Å²) in [6.07, 6.45) is 5.68. The summed E-state index contributed by atoms with van der Waals surface area (Å²) < 4.78 is 10.2. The summed E-state index contributed by atoms with van der Waals surface area (Å²) in [7, 11) is 3.27. The van der Waals surface area contributed by atoms with Crippen LogP contribution in [-0.4, -0.2) is 19.9 Å². The van der Waals surface area contributed by atoms with Crippen LogP contribution in [0.5, 0.6) is 0 Å². The average molecular weight is 155 g/mol. The Morgan fingerprint density at radius 1 is 1.45 bits per heavy atom. The second-order valence-corrected chi connectivity index (χ2v) is 2.53. The Balaban J connectivity index is 2.68. The highest BCUT2D eigenvalue weighted by atomic mass is 16.5. The zero-order chi connectivity index (χ0) is 8.32. The largest absolute Gasteiger partial charge is 0.482 e. The maximum atomic E-state index is 5.19. The lowest BCUT2D eigenvalue weighted by Crippen LogP contribution is -2.43. The minimum Gasteiger partial charge on any atom is -0.482 e. The molecule has 1 unspecified atom stereocenters. The first-order chi connectivity index (χ1) is 5.20. The van der Waals surface area contributed by atoms with Gasteiger partial charge in [-0.25, -0.2) is 0 Å². The molecule has 0 aliphatic carbocycles. The van der Waals surface area contributed by atoms with Gasteiger partial charge >= 0.3 is 0 Å². The number of nitrogens with one attached hydrogen (secondary N) is 1. The van der Waals surface area contributed by atoms with E-state index in [2.05, 4.69) is 5.32 Å². The fraction of sp³-hybridized carbons (Fsp3) is 0.500. The van der Waals surface area contributed by atoms with Crippen LogP contribution in [0.2, 0.25) is 0 Å². The SMILES string of the molecule is COC1=CC=CC(C)(OC)N1. The van der Waals surface area contributed by atoms with E-state index in [1.807, 2.05) is 25.2 Å². The summed E-state index contributed by atoms with van der Waals surface area (Å²) in [6, 6.07) is 0. The van der Waals surface area contributed by atoms with Crippen molar-refractivity contribution in [2.24, 2.45) is 0 Å². The average Bonchev–Trinajstić information content (AvgIpc) is 2.05. The van der Waals surface area contributed by atoms with Crippen LogP contribution in [0.4, 0.5) is 0 Å². The molecular formula is C8H13NO2. The van der Waals surface area contributed by atoms with Crippen LogP contribution in [0, 0.1) is 0 Å². The van der Waals surface area contributed by atoms with Gasteiger partial charge in [-0.2, -0.15) is 0 Å². The summed E-state index contributed by atoms with van der Waals surface area (Å²) in [5.41, 5.74) is -0.430. The Bertz CT molecular complexity index is 198. The molecule has 1 heterocycles. The fourth-order valence-corrected chi connectivity index (χ4v) is 0.885. The molecule has 3 heteroatoms. The van der Waals surface area contributed by atoms with Crippen molar-refractivity contribution in [3.63, 3.8) is 0 Å². The van der Waals surface area contributed by atoms with E-state index < -0.39 is 5.72 Å². The van der Waals surface area contributed by atoms with Gasteiger partial charge in [0.1, 0.15) is 0 Å². The molecule has 0 aromatic rings. The van der Waals surface area contributed by atoms with Gasteiger partial charge < -0.3 is 14.8 Å². The summed E-state index contributed by atoms with van der Waals surface area (Å²) in [5, 5.41) is 3.06. The topological polar surface area (TPSA) is 30.5 Å². The first-order valence-electron chi connectivity index (χ1n) is 3.47. The number of hydrogen-bond donors (Lipinski definition) is 1. The first kappa shape index (κ1) is 8.14. The van der Waals surface area contributed by atoms with E-state index in [0.717, 1.165) is 5.88 Å². The van der Waals surface area contributed by atoms with Crippen molar-refractivity contribution >= 4 is 0 Å². The van der Waals surface area contributed by atoms with Crippen LogP contribution in [-0.2, 0) is 9.47 Å². The molecule has 1 N–H and O–H groups in total. The van der Waals surface area contributed by atoms with Gasteiger partial charge in [0.05, 0.1) is 7.11 Å². The highest BCUT2D eigenvalue weighted by Gasteiger charge is 2.22. The predicted molar refractivity (Wildman–Crippen MR) is 42.8 cm³/mol. The lowest BCUT2D eigenvalue weighted by molar-refractivity contribution is 0.0107. The van der Waals surface area contributed by atoms with Crippen molar-refractivity contribution in [3.05, 3.63) is 24.1 Å². The van der Waals surface area contributed by atoms with E-state index >= 15 is 0 Å². The van der Waals surface area contributed by atoms with E-state index in [-0.39, 0.29) is 0 Å². The standard InChI is InChI=1S/C8H13NO2/c1-8(11-3)6-4-5-7(9-8)10-2/h4-6,9H,1-3H3. The van der Waals surface area contributed by atoms with Gasteiger partial charge in [-0.15, -0.1) is 0 Å². The van der Waals surface area contributed by atoms with E-state index in [0.29, 0.717) is 0 Å². The summed E-state index contributed by atoms with van der Waals surface area (Å²) in [4.78, 5) is 0. The Kier molecular flexibility index (Phi) is 2.19. The Morgan fingerprint density at radius 2 is 2.18 bits per heavy atom. The van der Waals surface area contributed by atoms with Crippen LogP contribution in [0.15, 0.2) is 24.1 Å². The third-order valence-corrected chi connectivity index (χ3v) is 1.68. The van der Waals surface area contributed by atoms with Crippen molar-refractivity contribution in [3.8, 4) is 0 Å². The third-order valence-electron chi connectivity index (χ3n) is 1.68. The van der Waals surface area contributed by atoms with Gasteiger partial charge in [0.25, 0.3) is 0 Å². The van der Waals surface area contributed by atoms with E-state index in [1.165, 1.54) is 0 Å². The minimum atomic E-state index is -0.430. The number of dihydropyridines is 1. The van der Waals surface area contributed by atoms with E-state index in [4.69, 9.17) is 9.47 Å². The van der Waals surface area contributed by atoms with E-state index in [9.17, 15) is 0 Å². The number of methoxy groups -OCH3 is 2. The molecule has 0 bridgehead atoms. The van der Waals surface area contributed by atoms with Crippen molar-refractivity contribution in [2.75, 3.05) is 14.2 Å². The first-order valence-corrected chi connectivity index (χ1v) is 3.47. The lowest BCUT2D eigenvalue weighted by atomic mass is 10.2. The van der Waals surface area contributed by atoms with Gasteiger partial charge in [-0.05, 0) is 19.1 Å². The number of hydrogen-bond acceptors (Lipinski definition) is 3. The van der Waals surface area contributed by atoms with Crippen LogP contribution >= 0.6 is 0 Å². The molecule has 1 aliphatic rings. The third kappa shape index (κ3) is 1.74. The molecule has 1 aliphatic heterocycles. The van der Waals surface area contributed by atoms with Gasteiger partial charge in [0, 0.05) is 7.11 Å². The number of allylic oxidation sites excluding steroid dienone is 2. The minimum absolute atomic E-state index is 0.430. The molecule has 1 rings (SSSR count). The molecule has 0 aromatic heterocycles. The highest BCUT2D eigenvalue weighted by molar-refractivity contribution is 5.18. The maximum absolute atomic E-state index is 5.19. The van der Waals surface area contributed by atoms with Gasteiger partial charge in [0.15, 0.2) is 11.6 Å². The number of ether oxygens (including phenoxy) is 2. The molecule has 0 amide bonds. The van der Waals surface area contributed by atoms with Crippen molar-refractivity contribution in [2.45, 2.75) is 12.6 Å². The Labute approximate surface area is 66.7 Å². The fourth-order valence-electron chi connectivity index (χ4n) is 0.885. The summed E-state index contributed by atoms with van der Waals surface area (Å²) >= 11 is 0. The molecule has 0 saturated heterocycles. The molecule has 0 aromatic carbocycles.